The van der Waals surface area contributed by atoms with Gasteiger partial charge in [0.15, 0.2) is 23.2 Å². The molecular formula is C28H26Cl2F4N2O6. The van der Waals surface area contributed by atoms with E-state index in [1.807, 2.05) is 0 Å². The van der Waals surface area contributed by atoms with Crippen LogP contribution in [0.25, 0.3) is 10.8 Å². The largest absolute Gasteiger partial charge is 0.479 e. The van der Waals surface area contributed by atoms with Crippen molar-refractivity contribution in [2.75, 3.05) is 6.61 Å². The molecule has 2 aromatic carbocycles. The van der Waals surface area contributed by atoms with E-state index < -0.39 is 82.9 Å². The smallest absolute Gasteiger partial charge is 0.308 e. The standard InChI is InChI=1S/C28H26Cl2F4N2O6/c1-5-20(36-7-6-13-8-15(29)16(30)9-14(13)27(36)40)26(39)35-19(11-22(38)42-28(2,3)4)21(37)12-41-25-23(33)17(31)10-18(32)24(25)34/h6-10,19-20H,5,11-12H2,1-4H3,(H,35,39). The van der Waals surface area contributed by atoms with Crippen LogP contribution in [0.1, 0.15) is 46.6 Å². The zero-order valence-corrected chi connectivity index (χ0v) is 24.3. The first-order chi connectivity index (χ1) is 19.5. The fourth-order valence-electron chi connectivity index (χ4n) is 3.99. The van der Waals surface area contributed by atoms with Gasteiger partial charge in [0.25, 0.3) is 5.56 Å². The van der Waals surface area contributed by atoms with Crippen molar-refractivity contribution in [3.63, 3.8) is 0 Å². The number of rotatable bonds is 10. The molecule has 2 atom stereocenters. The highest BCUT2D eigenvalue weighted by atomic mass is 35.5. The maximum absolute atomic E-state index is 14.0. The molecule has 0 aliphatic rings. The van der Waals surface area contributed by atoms with Crippen LogP contribution in [0.5, 0.6) is 5.75 Å². The van der Waals surface area contributed by atoms with E-state index >= 15 is 0 Å². The lowest BCUT2D eigenvalue weighted by atomic mass is 10.1. The van der Waals surface area contributed by atoms with E-state index in [0.717, 1.165) is 4.57 Å². The molecule has 226 valence electrons. The minimum Gasteiger partial charge on any atom is -0.479 e. The Labute approximate surface area is 247 Å². The number of ketones is 1. The minimum atomic E-state index is -1.88. The minimum absolute atomic E-state index is 0.0347. The maximum atomic E-state index is 14.0. The highest BCUT2D eigenvalue weighted by Crippen LogP contribution is 2.28. The van der Waals surface area contributed by atoms with Gasteiger partial charge in [-0.2, -0.15) is 8.78 Å². The molecule has 0 saturated heterocycles. The lowest BCUT2D eigenvalue weighted by Gasteiger charge is -2.25. The second kappa shape index (κ2) is 13.1. The number of carbonyl (C=O) groups excluding carboxylic acids is 3. The molecule has 1 N–H and O–H groups in total. The fourth-order valence-corrected chi connectivity index (χ4v) is 4.33. The fraction of sp³-hybridized carbons (Fsp3) is 0.357. The van der Waals surface area contributed by atoms with Crippen molar-refractivity contribution in [1.82, 2.24) is 9.88 Å². The molecule has 0 aliphatic carbocycles. The van der Waals surface area contributed by atoms with Crippen LogP contribution < -0.4 is 15.6 Å². The number of Topliss-reactive ketones (excluding diaryl/α,β-unsaturated/α-hetero) is 1. The summed E-state index contributed by atoms with van der Waals surface area (Å²) in [7, 11) is 0. The van der Waals surface area contributed by atoms with Gasteiger partial charge >= 0.3 is 5.97 Å². The predicted molar refractivity (Wildman–Crippen MR) is 147 cm³/mol. The Hall–Kier alpha value is -3.64. The first kappa shape index (κ1) is 32.9. The van der Waals surface area contributed by atoms with Gasteiger partial charge in [0, 0.05) is 17.6 Å². The quantitative estimate of drug-likeness (QED) is 0.175. The van der Waals surface area contributed by atoms with Crippen molar-refractivity contribution < 1.29 is 41.4 Å². The normalized spacial score (nSPS) is 13.0. The molecule has 1 aromatic heterocycles. The monoisotopic (exact) mass is 632 g/mol. The van der Waals surface area contributed by atoms with Crippen molar-refractivity contribution in [3.05, 3.63) is 74.1 Å². The average Bonchev–Trinajstić information content (AvgIpc) is 2.89. The second-order valence-corrected chi connectivity index (χ2v) is 11.0. The molecule has 1 amide bonds. The van der Waals surface area contributed by atoms with Crippen molar-refractivity contribution in [1.29, 1.82) is 0 Å². The number of ether oxygens (including phenoxy) is 2. The zero-order chi connectivity index (χ0) is 31.5. The number of aromatic nitrogens is 1. The van der Waals surface area contributed by atoms with Crippen molar-refractivity contribution in [3.8, 4) is 5.75 Å². The van der Waals surface area contributed by atoms with E-state index in [4.69, 9.17) is 32.7 Å². The Bertz CT molecular complexity index is 1580. The van der Waals surface area contributed by atoms with Crippen LogP contribution in [0, 0.1) is 23.3 Å². The van der Waals surface area contributed by atoms with Gasteiger partial charge in [-0.3, -0.25) is 19.2 Å². The summed E-state index contributed by atoms with van der Waals surface area (Å²) in [6, 6.07) is 1.48. The number of halogens is 6. The number of fused-ring (bicyclic) bond motifs is 1. The van der Waals surface area contributed by atoms with Crippen LogP contribution in [0.4, 0.5) is 17.6 Å². The molecule has 0 bridgehead atoms. The van der Waals surface area contributed by atoms with E-state index in [0.29, 0.717) is 5.39 Å². The van der Waals surface area contributed by atoms with E-state index in [2.05, 4.69) is 5.32 Å². The Morgan fingerprint density at radius 1 is 1.00 bits per heavy atom. The van der Waals surface area contributed by atoms with Crippen LogP contribution in [0.3, 0.4) is 0 Å². The highest BCUT2D eigenvalue weighted by Gasteiger charge is 2.31. The van der Waals surface area contributed by atoms with Gasteiger partial charge in [0.05, 0.1) is 16.5 Å². The third-order valence-electron chi connectivity index (χ3n) is 5.92. The highest BCUT2D eigenvalue weighted by molar-refractivity contribution is 6.42. The summed E-state index contributed by atoms with van der Waals surface area (Å²) in [4.78, 5) is 52.1. The molecule has 0 radical (unpaired) electrons. The maximum Gasteiger partial charge on any atom is 0.308 e. The molecule has 2 unspecified atom stereocenters. The zero-order valence-electron chi connectivity index (χ0n) is 22.8. The number of nitrogens with zero attached hydrogens (tertiary/aromatic N) is 1. The summed E-state index contributed by atoms with van der Waals surface area (Å²) in [5.41, 5.74) is -1.56. The summed E-state index contributed by atoms with van der Waals surface area (Å²) in [6.45, 7) is 5.09. The summed E-state index contributed by atoms with van der Waals surface area (Å²) >= 11 is 12.1. The lowest BCUT2D eigenvalue weighted by Crippen LogP contribution is -2.48. The third-order valence-corrected chi connectivity index (χ3v) is 6.65. The Balaban J connectivity index is 1.90. The number of benzene rings is 2. The molecule has 42 heavy (non-hydrogen) atoms. The van der Waals surface area contributed by atoms with Crippen LogP contribution in [0.15, 0.2) is 35.3 Å². The number of hydrogen-bond donors (Lipinski definition) is 1. The number of nitrogens with one attached hydrogen (secondary N) is 1. The summed E-state index contributed by atoms with van der Waals surface area (Å²) < 4.78 is 66.2. The lowest BCUT2D eigenvalue weighted by molar-refractivity contribution is -0.156. The SMILES string of the molecule is CCC(C(=O)NC(CC(=O)OC(C)(C)C)C(=O)COc1c(F)c(F)cc(F)c1F)n1ccc2cc(Cl)c(Cl)cc2c1=O. The van der Waals surface area contributed by atoms with Gasteiger partial charge in [-0.1, -0.05) is 30.1 Å². The molecule has 3 rings (SSSR count). The van der Waals surface area contributed by atoms with Crippen LogP contribution in [-0.2, 0) is 19.1 Å². The Morgan fingerprint density at radius 2 is 1.60 bits per heavy atom. The molecule has 0 aliphatic heterocycles. The number of pyridine rings is 1. The molecule has 14 heteroatoms. The van der Waals surface area contributed by atoms with Gasteiger partial charge in [0.1, 0.15) is 24.3 Å². The molecule has 0 spiro atoms. The molecule has 0 saturated carbocycles. The Morgan fingerprint density at radius 3 is 2.17 bits per heavy atom. The van der Waals surface area contributed by atoms with Crippen molar-refractivity contribution in [2.45, 2.75) is 58.2 Å². The first-order valence-corrected chi connectivity index (χ1v) is 13.3. The van der Waals surface area contributed by atoms with E-state index in [-0.39, 0.29) is 27.9 Å². The number of amides is 1. The molecule has 1 heterocycles. The van der Waals surface area contributed by atoms with Gasteiger partial charge in [-0.15, -0.1) is 0 Å². The van der Waals surface area contributed by atoms with Crippen molar-refractivity contribution in [2.24, 2.45) is 0 Å². The van der Waals surface area contributed by atoms with Crippen LogP contribution in [-0.4, -0.2) is 40.5 Å². The van der Waals surface area contributed by atoms with Crippen LogP contribution in [0.2, 0.25) is 10.0 Å². The van der Waals surface area contributed by atoms with E-state index in [1.165, 1.54) is 24.4 Å². The average molecular weight is 633 g/mol. The summed E-state index contributed by atoms with van der Waals surface area (Å²) in [5, 5.41) is 3.32. The topological polar surface area (TPSA) is 104 Å². The molecular weight excluding hydrogens is 607 g/mol. The number of hydrogen-bond acceptors (Lipinski definition) is 6. The van der Waals surface area contributed by atoms with Gasteiger partial charge in [0.2, 0.25) is 17.5 Å². The van der Waals surface area contributed by atoms with Crippen LogP contribution >= 0.6 is 23.2 Å². The molecule has 3 aromatic rings. The second-order valence-electron chi connectivity index (χ2n) is 10.2. The third kappa shape index (κ3) is 7.60. The van der Waals surface area contributed by atoms with Gasteiger partial charge in [-0.25, -0.2) is 8.78 Å². The number of carbonyl (C=O) groups is 3. The predicted octanol–water partition coefficient (Wildman–Crippen LogP) is 5.68. The van der Waals surface area contributed by atoms with Gasteiger partial charge in [-0.05, 0) is 50.8 Å². The van der Waals surface area contributed by atoms with E-state index in [1.54, 1.807) is 27.7 Å². The molecule has 0 fully saturated rings. The summed E-state index contributed by atoms with van der Waals surface area (Å²) in [6.07, 6.45) is 0.673. The summed E-state index contributed by atoms with van der Waals surface area (Å²) in [5.74, 6) is -11.6. The number of esters is 1. The molecule has 8 nitrogen and oxygen atoms in total. The first-order valence-electron chi connectivity index (χ1n) is 12.5. The van der Waals surface area contributed by atoms with E-state index in [9.17, 15) is 36.7 Å². The van der Waals surface area contributed by atoms with Crippen molar-refractivity contribution >= 4 is 51.6 Å². The van der Waals surface area contributed by atoms with Gasteiger partial charge < -0.3 is 19.4 Å². The Kier molecular flexibility index (Phi) is 10.3.